The number of sulfone groups is 1. The fourth-order valence-electron chi connectivity index (χ4n) is 2.91. The van der Waals surface area contributed by atoms with Gasteiger partial charge in [-0.2, -0.15) is 0 Å². The Hall–Kier alpha value is -1.89. The predicted molar refractivity (Wildman–Crippen MR) is 102 cm³/mol. The second kappa shape index (κ2) is 8.66. The van der Waals surface area contributed by atoms with Crippen LogP contribution in [0.15, 0.2) is 24.3 Å². The standard InChI is InChI=1S/C19H28N2O4S/c1-14(2)17-7-4-16(5-8-17)6-9-18(22)20-15(3)19(23)21-10-12-26(24,25)13-11-21/h4-5,7-8,14-15H,6,9-13H2,1-3H3,(H,20,22). The molecule has 1 aliphatic heterocycles. The van der Waals surface area contributed by atoms with Crippen LogP contribution in [0.3, 0.4) is 0 Å². The number of carbonyl (C=O) groups excluding carboxylic acids is 2. The van der Waals surface area contributed by atoms with Gasteiger partial charge in [-0.1, -0.05) is 38.1 Å². The van der Waals surface area contributed by atoms with E-state index in [2.05, 4.69) is 31.3 Å². The van der Waals surface area contributed by atoms with E-state index in [0.717, 1.165) is 5.56 Å². The molecule has 0 bridgehead atoms. The minimum Gasteiger partial charge on any atom is -0.345 e. The summed E-state index contributed by atoms with van der Waals surface area (Å²) in [4.78, 5) is 26.0. The van der Waals surface area contributed by atoms with Crippen molar-refractivity contribution >= 4 is 21.7 Å². The Bertz CT molecular complexity index is 727. The molecule has 1 aliphatic rings. The molecule has 144 valence electrons. The summed E-state index contributed by atoms with van der Waals surface area (Å²) in [5, 5.41) is 2.72. The molecule has 1 aromatic carbocycles. The fourth-order valence-corrected chi connectivity index (χ4v) is 4.11. The van der Waals surface area contributed by atoms with Crippen LogP contribution < -0.4 is 5.32 Å². The molecule has 1 saturated heterocycles. The van der Waals surface area contributed by atoms with Crippen LogP contribution in [-0.2, 0) is 25.8 Å². The first-order chi connectivity index (χ1) is 12.2. The van der Waals surface area contributed by atoms with Gasteiger partial charge in [-0.15, -0.1) is 0 Å². The number of nitrogens with one attached hydrogen (secondary N) is 1. The van der Waals surface area contributed by atoms with E-state index in [-0.39, 0.29) is 36.4 Å². The third-order valence-corrected chi connectivity index (χ3v) is 6.30. The largest absolute Gasteiger partial charge is 0.345 e. The lowest BCUT2D eigenvalue weighted by Gasteiger charge is -2.29. The van der Waals surface area contributed by atoms with E-state index < -0.39 is 15.9 Å². The van der Waals surface area contributed by atoms with Crippen LogP contribution in [0.5, 0.6) is 0 Å². The van der Waals surface area contributed by atoms with Crippen molar-refractivity contribution in [3.8, 4) is 0 Å². The molecule has 2 rings (SSSR count). The first-order valence-corrected chi connectivity index (χ1v) is 10.9. The van der Waals surface area contributed by atoms with Gasteiger partial charge < -0.3 is 10.2 Å². The first kappa shape index (κ1) is 20.4. The highest BCUT2D eigenvalue weighted by Gasteiger charge is 2.28. The Labute approximate surface area is 155 Å². The normalized spacial score (nSPS) is 17.8. The van der Waals surface area contributed by atoms with Gasteiger partial charge in [-0.25, -0.2) is 8.42 Å². The summed E-state index contributed by atoms with van der Waals surface area (Å²) in [5.74, 6) is 0.0549. The van der Waals surface area contributed by atoms with Crippen molar-refractivity contribution in [1.29, 1.82) is 0 Å². The van der Waals surface area contributed by atoms with E-state index in [4.69, 9.17) is 0 Å². The van der Waals surface area contributed by atoms with E-state index in [9.17, 15) is 18.0 Å². The van der Waals surface area contributed by atoms with Crippen LogP contribution in [0.2, 0.25) is 0 Å². The van der Waals surface area contributed by atoms with E-state index in [1.165, 1.54) is 10.5 Å². The van der Waals surface area contributed by atoms with Crippen LogP contribution in [0.1, 0.15) is 44.2 Å². The van der Waals surface area contributed by atoms with E-state index >= 15 is 0 Å². The average molecular weight is 381 g/mol. The van der Waals surface area contributed by atoms with Gasteiger partial charge in [-0.3, -0.25) is 9.59 Å². The van der Waals surface area contributed by atoms with Crippen molar-refractivity contribution in [2.45, 2.75) is 45.6 Å². The van der Waals surface area contributed by atoms with Gasteiger partial charge in [0.15, 0.2) is 9.84 Å². The van der Waals surface area contributed by atoms with Gasteiger partial charge in [0.05, 0.1) is 11.5 Å². The number of benzene rings is 1. The number of hydrogen-bond acceptors (Lipinski definition) is 4. The highest BCUT2D eigenvalue weighted by atomic mass is 32.2. The number of rotatable bonds is 6. The molecular formula is C19H28N2O4S. The molecule has 0 spiro atoms. The van der Waals surface area contributed by atoms with Gasteiger partial charge in [0.25, 0.3) is 0 Å². The zero-order valence-electron chi connectivity index (χ0n) is 15.7. The summed E-state index contributed by atoms with van der Waals surface area (Å²) >= 11 is 0. The Morgan fingerprint density at radius 2 is 1.65 bits per heavy atom. The molecule has 1 atom stereocenters. The van der Waals surface area contributed by atoms with Crippen LogP contribution in [-0.4, -0.2) is 55.8 Å². The van der Waals surface area contributed by atoms with Crippen LogP contribution in [0.25, 0.3) is 0 Å². The van der Waals surface area contributed by atoms with E-state index in [1.54, 1.807) is 6.92 Å². The molecule has 0 aliphatic carbocycles. The minimum atomic E-state index is -3.03. The van der Waals surface area contributed by atoms with Gasteiger partial charge in [-0.05, 0) is 30.4 Å². The number of nitrogens with zero attached hydrogens (tertiary/aromatic N) is 1. The zero-order valence-corrected chi connectivity index (χ0v) is 16.5. The van der Waals surface area contributed by atoms with Gasteiger partial charge in [0, 0.05) is 19.5 Å². The Balaban J connectivity index is 1.78. The Morgan fingerprint density at radius 3 is 2.19 bits per heavy atom. The third kappa shape index (κ3) is 5.83. The molecule has 1 N–H and O–H groups in total. The van der Waals surface area contributed by atoms with Crippen molar-refractivity contribution in [3.05, 3.63) is 35.4 Å². The van der Waals surface area contributed by atoms with Gasteiger partial charge >= 0.3 is 0 Å². The van der Waals surface area contributed by atoms with Gasteiger partial charge in [0.1, 0.15) is 6.04 Å². The number of aryl methyl sites for hydroxylation is 1. The Kier molecular flexibility index (Phi) is 6.81. The van der Waals surface area contributed by atoms with Crippen molar-refractivity contribution in [3.63, 3.8) is 0 Å². The molecule has 7 heteroatoms. The highest BCUT2D eigenvalue weighted by molar-refractivity contribution is 7.91. The second-order valence-electron chi connectivity index (χ2n) is 7.16. The SMILES string of the molecule is CC(NC(=O)CCc1ccc(C(C)C)cc1)C(=O)N1CCS(=O)(=O)CC1. The molecule has 6 nitrogen and oxygen atoms in total. The monoisotopic (exact) mass is 380 g/mol. The summed E-state index contributed by atoms with van der Waals surface area (Å²) < 4.78 is 22.9. The number of amides is 2. The van der Waals surface area contributed by atoms with Crippen molar-refractivity contribution in [2.75, 3.05) is 24.6 Å². The molecule has 1 fully saturated rings. The van der Waals surface area contributed by atoms with Crippen molar-refractivity contribution < 1.29 is 18.0 Å². The molecule has 1 heterocycles. The number of hydrogen-bond donors (Lipinski definition) is 1. The molecule has 0 saturated carbocycles. The molecular weight excluding hydrogens is 352 g/mol. The number of carbonyl (C=O) groups is 2. The van der Waals surface area contributed by atoms with Crippen LogP contribution in [0, 0.1) is 0 Å². The van der Waals surface area contributed by atoms with E-state index in [0.29, 0.717) is 18.8 Å². The highest BCUT2D eigenvalue weighted by Crippen LogP contribution is 2.15. The smallest absolute Gasteiger partial charge is 0.244 e. The minimum absolute atomic E-state index is 0.00816. The average Bonchev–Trinajstić information content (AvgIpc) is 2.59. The van der Waals surface area contributed by atoms with Crippen LogP contribution >= 0.6 is 0 Å². The molecule has 2 amide bonds. The van der Waals surface area contributed by atoms with Gasteiger partial charge in [0.2, 0.25) is 11.8 Å². The predicted octanol–water partition coefficient (Wildman–Crippen LogP) is 1.50. The second-order valence-corrected chi connectivity index (χ2v) is 9.47. The quantitative estimate of drug-likeness (QED) is 0.811. The first-order valence-electron chi connectivity index (χ1n) is 9.05. The lowest BCUT2D eigenvalue weighted by Crippen LogP contribution is -2.51. The van der Waals surface area contributed by atoms with Crippen molar-refractivity contribution in [1.82, 2.24) is 10.2 Å². The maximum absolute atomic E-state index is 12.3. The molecule has 0 aromatic heterocycles. The molecule has 1 unspecified atom stereocenters. The summed E-state index contributed by atoms with van der Waals surface area (Å²) in [6, 6.07) is 7.58. The topological polar surface area (TPSA) is 83.6 Å². The summed E-state index contributed by atoms with van der Waals surface area (Å²) in [7, 11) is -3.03. The zero-order chi connectivity index (χ0) is 19.3. The van der Waals surface area contributed by atoms with Crippen molar-refractivity contribution in [2.24, 2.45) is 0 Å². The lowest BCUT2D eigenvalue weighted by atomic mass is 10.0. The Morgan fingerprint density at radius 1 is 1.08 bits per heavy atom. The summed E-state index contributed by atoms with van der Waals surface area (Å²) in [5.41, 5.74) is 2.35. The molecule has 1 aromatic rings. The molecule has 26 heavy (non-hydrogen) atoms. The summed E-state index contributed by atoms with van der Waals surface area (Å²) in [6.45, 7) is 6.31. The van der Waals surface area contributed by atoms with Crippen LogP contribution in [0.4, 0.5) is 0 Å². The van der Waals surface area contributed by atoms with E-state index in [1.807, 2.05) is 12.1 Å². The maximum atomic E-state index is 12.3. The lowest BCUT2D eigenvalue weighted by molar-refractivity contribution is -0.135. The maximum Gasteiger partial charge on any atom is 0.244 e. The molecule has 0 radical (unpaired) electrons. The third-order valence-electron chi connectivity index (χ3n) is 4.69. The fraction of sp³-hybridized carbons (Fsp3) is 0.579. The summed E-state index contributed by atoms with van der Waals surface area (Å²) in [6.07, 6.45) is 0.931.